The Morgan fingerprint density at radius 3 is 2.60 bits per heavy atom. The predicted octanol–water partition coefficient (Wildman–Crippen LogP) is -0.0725. The van der Waals surface area contributed by atoms with E-state index in [1.54, 1.807) is 0 Å². The number of nitrogens with one attached hydrogen (secondary N) is 1. The summed E-state index contributed by atoms with van der Waals surface area (Å²) in [6.45, 7) is -1.33. The Balaban J connectivity index is 3.46. The average molecular weight is 155 g/mol. The molecule has 0 unspecified atom stereocenters. The van der Waals surface area contributed by atoms with Gasteiger partial charge in [-0.05, 0) is 0 Å². The minimum Gasteiger partial charge on any atom is -0.440 e. The number of alkyl carbamates (subject to hydrolysis) is 1. The zero-order valence-electron chi connectivity index (χ0n) is 5.23. The van der Waals surface area contributed by atoms with Crippen LogP contribution in [-0.2, 0) is 4.74 Å². The molecule has 0 fully saturated rings. The second-order valence-electron chi connectivity index (χ2n) is 1.49. The van der Waals surface area contributed by atoms with E-state index in [0.29, 0.717) is 0 Å². The van der Waals surface area contributed by atoms with E-state index in [2.05, 4.69) is 4.74 Å². The minimum atomic E-state index is -3.95. The molecule has 0 aliphatic carbocycles. The highest BCUT2D eigenvalue weighted by Gasteiger charge is 2.26. The third kappa shape index (κ3) is 5.23. The summed E-state index contributed by atoms with van der Waals surface area (Å²) >= 11 is 0. The lowest BCUT2D eigenvalue weighted by molar-refractivity contribution is -0.221. The highest BCUT2D eigenvalue weighted by atomic mass is 19.3. The number of carbonyl (C=O) groups excluding carboxylic acids is 1. The fourth-order valence-corrected chi connectivity index (χ4v) is 0.225. The van der Waals surface area contributed by atoms with Crippen LogP contribution in [0, 0.1) is 0 Å². The van der Waals surface area contributed by atoms with Crippen LogP contribution >= 0.6 is 0 Å². The Morgan fingerprint density at radius 1 is 1.80 bits per heavy atom. The van der Waals surface area contributed by atoms with Crippen LogP contribution in [0.2, 0.25) is 0 Å². The lowest BCUT2D eigenvalue weighted by Gasteiger charge is -2.08. The molecular weight excluding hydrogens is 148 g/mol. The summed E-state index contributed by atoms with van der Waals surface area (Å²) in [6.07, 6.45) is -4.96. The summed E-state index contributed by atoms with van der Waals surface area (Å²) in [6, 6.07) is 0. The molecule has 0 aromatic carbocycles. The van der Waals surface area contributed by atoms with Crippen molar-refractivity contribution < 1.29 is 23.4 Å². The number of alkyl halides is 2. The van der Waals surface area contributed by atoms with E-state index in [-0.39, 0.29) is 0 Å². The average Bonchev–Trinajstić information content (AvgIpc) is 1.81. The monoisotopic (exact) mass is 155 g/mol. The molecule has 0 aromatic rings. The molecule has 0 spiro atoms. The van der Waals surface area contributed by atoms with Gasteiger partial charge < -0.3 is 15.2 Å². The van der Waals surface area contributed by atoms with Gasteiger partial charge in [0, 0.05) is 7.05 Å². The van der Waals surface area contributed by atoms with Crippen LogP contribution in [0.5, 0.6) is 0 Å². The van der Waals surface area contributed by atoms with Crippen molar-refractivity contribution in [2.75, 3.05) is 13.7 Å². The van der Waals surface area contributed by atoms with Gasteiger partial charge >= 0.3 is 12.2 Å². The molecule has 6 heteroatoms. The van der Waals surface area contributed by atoms with Crippen LogP contribution < -0.4 is 5.32 Å². The van der Waals surface area contributed by atoms with Gasteiger partial charge in [-0.2, -0.15) is 8.78 Å². The van der Waals surface area contributed by atoms with E-state index < -0.39 is 18.8 Å². The Bertz CT molecular complexity index is 122. The second kappa shape index (κ2) is 3.31. The van der Waals surface area contributed by atoms with Gasteiger partial charge in [-0.3, -0.25) is 0 Å². The number of ether oxygens (including phenoxy) is 1. The first-order valence-corrected chi connectivity index (χ1v) is 2.40. The van der Waals surface area contributed by atoms with Gasteiger partial charge in [-0.1, -0.05) is 0 Å². The van der Waals surface area contributed by atoms with Crippen molar-refractivity contribution in [1.29, 1.82) is 0 Å². The molecule has 0 aliphatic heterocycles. The van der Waals surface area contributed by atoms with Gasteiger partial charge in [-0.15, -0.1) is 0 Å². The first-order valence-electron chi connectivity index (χ1n) is 2.40. The van der Waals surface area contributed by atoms with E-state index in [9.17, 15) is 13.6 Å². The molecule has 0 aromatic heterocycles. The van der Waals surface area contributed by atoms with Crippen molar-refractivity contribution in [3.63, 3.8) is 0 Å². The van der Waals surface area contributed by atoms with Gasteiger partial charge in [-0.25, -0.2) is 4.79 Å². The maximum absolute atomic E-state index is 11.5. The molecule has 0 atom stereocenters. The zero-order valence-corrected chi connectivity index (χ0v) is 5.23. The second-order valence-corrected chi connectivity index (χ2v) is 1.49. The summed E-state index contributed by atoms with van der Waals surface area (Å²) in [5.74, 6) is 0. The number of amides is 1. The molecule has 0 bridgehead atoms. The molecule has 0 aliphatic rings. The normalized spacial score (nSPS) is 10.8. The van der Waals surface area contributed by atoms with E-state index in [4.69, 9.17) is 5.11 Å². The fourth-order valence-electron chi connectivity index (χ4n) is 0.225. The molecular formula is C4H7F2NO3. The number of aliphatic hydroxyl groups is 1. The molecule has 0 rings (SSSR count). The quantitative estimate of drug-likeness (QED) is 0.586. The molecule has 0 heterocycles. The smallest absolute Gasteiger partial charge is 0.407 e. The summed E-state index contributed by atoms with van der Waals surface area (Å²) in [5, 5.41) is 9.66. The standard InChI is InChI=1S/C4H7F2NO3/c1-7-3(8)10-2-4(5,6)9/h9H,2H2,1H3,(H,7,8). The summed E-state index contributed by atoms with van der Waals surface area (Å²) in [5.41, 5.74) is 0. The van der Waals surface area contributed by atoms with Crippen molar-refractivity contribution >= 4 is 6.09 Å². The Morgan fingerprint density at radius 2 is 2.30 bits per heavy atom. The molecule has 4 nitrogen and oxygen atoms in total. The van der Waals surface area contributed by atoms with Crippen molar-refractivity contribution in [1.82, 2.24) is 5.32 Å². The van der Waals surface area contributed by atoms with Gasteiger partial charge in [0.1, 0.15) is 0 Å². The summed E-state index contributed by atoms with van der Waals surface area (Å²) in [4.78, 5) is 10.1. The van der Waals surface area contributed by atoms with E-state index >= 15 is 0 Å². The number of carbonyl (C=O) groups is 1. The Hall–Kier alpha value is -0.910. The van der Waals surface area contributed by atoms with Crippen molar-refractivity contribution in [3.05, 3.63) is 0 Å². The predicted molar refractivity (Wildman–Crippen MR) is 27.6 cm³/mol. The Kier molecular flexibility index (Phi) is 3.01. The number of hydrogen-bond acceptors (Lipinski definition) is 3. The van der Waals surface area contributed by atoms with Gasteiger partial charge in [0.2, 0.25) is 0 Å². The van der Waals surface area contributed by atoms with E-state index in [1.165, 1.54) is 7.05 Å². The maximum Gasteiger partial charge on any atom is 0.407 e. The molecule has 1 amide bonds. The van der Waals surface area contributed by atoms with Crippen molar-refractivity contribution in [3.8, 4) is 0 Å². The topological polar surface area (TPSA) is 58.6 Å². The highest BCUT2D eigenvalue weighted by molar-refractivity contribution is 5.66. The van der Waals surface area contributed by atoms with Crippen LogP contribution in [0.25, 0.3) is 0 Å². The van der Waals surface area contributed by atoms with Crippen molar-refractivity contribution in [2.24, 2.45) is 0 Å². The highest BCUT2D eigenvalue weighted by Crippen LogP contribution is 2.07. The largest absolute Gasteiger partial charge is 0.440 e. The lowest BCUT2D eigenvalue weighted by atomic mass is 10.7. The molecule has 10 heavy (non-hydrogen) atoms. The van der Waals surface area contributed by atoms with Crippen LogP contribution in [-0.4, -0.2) is 31.0 Å². The third-order valence-corrected chi connectivity index (χ3v) is 0.581. The van der Waals surface area contributed by atoms with Crippen molar-refractivity contribution in [2.45, 2.75) is 6.11 Å². The summed E-state index contributed by atoms with van der Waals surface area (Å²) in [7, 11) is 1.22. The zero-order chi connectivity index (χ0) is 8.20. The van der Waals surface area contributed by atoms with Gasteiger partial charge in [0.25, 0.3) is 0 Å². The third-order valence-electron chi connectivity index (χ3n) is 0.581. The molecule has 0 saturated carbocycles. The van der Waals surface area contributed by atoms with Gasteiger partial charge in [0.05, 0.1) is 0 Å². The van der Waals surface area contributed by atoms with Crippen LogP contribution in [0.3, 0.4) is 0 Å². The SMILES string of the molecule is CNC(=O)OCC(O)(F)F. The molecule has 60 valence electrons. The van der Waals surface area contributed by atoms with E-state index in [1.807, 2.05) is 5.32 Å². The minimum absolute atomic E-state index is 1.01. The van der Waals surface area contributed by atoms with Gasteiger partial charge in [0.15, 0.2) is 6.61 Å². The number of rotatable bonds is 2. The molecule has 0 radical (unpaired) electrons. The lowest BCUT2D eigenvalue weighted by Crippen LogP contribution is -2.28. The first-order chi connectivity index (χ1) is 4.45. The Labute approximate surface area is 55.8 Å². The number of hydrogen-bond donors (Lipinski definition) is 2. The van der Waals surface area contributed by atoms with Crippen LogP contribution in [0.4, 0.5) is 13.6 Å². The maximum atomic E-state index is 11.5. The van der Waals surface area contributed by atoms with E-state index in [0.717, 1.165) is 0 Å². The van der Waals surface area contributed by atoms with Crippen LogP contribution in [0.15, 0.2) is 0 Å². The first kappa shape index (κ1) is 9.09. The molecule has 2 N–H and O–H groups in total. The van der Waals surface area contributed by atoms with Crippen LogP contribution in [0.1, 0.15) is 0 Å². The molecule has 0 saturated heterocycles. The fraction of sp³-hybridized carbons (Fsp3) is 0.750. The number of halogens is 2. The summed E-state index contributed by atoms with van der Waals surface area (Å²) < 4.78 is 26.7.